The van der Waals surface area contributed by atoms with Crippen molar-refractivity contribution in [2.24, 2.45) is 5.92 Å². The Morgan fingerprint density at radius 2 is 1.81 bits per heavy atom. The first-order valence-electron chi connectivity index (χ1n) is 8.22. The van der Waals surface area contributed by atoms with E-state index in [1.807, 2.05) is 13.8 Å². The van der Waals surface area contributed by atoms with Crippen LogP contribution in [-0.2, 0) is 9.59 Å². The Morgan fingerprint density at radius 3 is 2.29 bits per heavy atom. The molecular weight excluding hydrogens is 268 g/mol. The lowest BCUT2D eigenvalue weighted by molar-refractivity contribution is -0.139. The fourth-order valence-corrected chi connectivity index (χ4v) is 3.97. The van der Waals surface area contributed by atoms with E-state index in [0.29, 0.717) is 12.1 Å². The summed E-state index contributed by atoms with van der Waals surface area (Å²) in [5, 5.41) is 12.0. The summed E-state index contributed by atoms with van der Waals surface area (Å²) < 4.78 is 0. The average molecular weight is 296 g/mol. The van der Waals surface area contributed by atoms with Crippen LogP contribution < -0.4 is 5.32 Å². The molecule has 5 heteroatoms. The number of nitrogens with zero attached hydrogens (tertiary/aromatic N) is 1. The van der Waals surface area contributed by atoms with Gasteiger partial charge in [-0.05, 0) is 51.9 Å². The maximum absolute atomic E-state index is 12.3. The van der Waals surface area contributed by atoms with Crippen molar-refractivity contribution >= 4 is 11.9 Å². The van der Waals surface area contributed by atoms with E-state index in [2.05, 4.69) is 17.1 Å². The topological polar surface area (TPSA) is 69.6 Å². The third-order valence-corrected chi connectivity index (χ3v) is 5.18. The second-order valence-electron chi connectivity index (χ2n) is 6.76. The van der Waals surface area contributed by atoms with Gasteiger partial charge in [0.05, 0.1) is 6.04 Å². The van der Waals surface area contributed by atoms with Crippen LogP contribution >= 0.6 is 0 Å². The molecule has 0 saturated carbocycles. The highest BCUT2D eigenvalue weighted by Crippen LogP contribution is 2.41. The van der Waals surface area contributed by atoms with Gasteiger partial charge in [0.1, 0.15) is 0 Å². The first-order chi connectivity index (χ1) is 9.92. The van der Waals surface area contributed by atoms with Gasteiger partial charge in [0.2, 0.25) is 5.91 Å². The van der Waals surface area contributed by atoms with E-state index in [1.165, 1.54) is 0 Å². The number of hydrogen-bond acceptors (Lipinski definition) is 3. The Balaban J connectivity index is 1.96. The summed E-state index contributed by atoms with van der Waals surface area (Å²) in [7, 11) is 0. The number of piperidine rings is 1. The van der Waals surface area contributed by atoms with Crippen molar-refractivity contribution in [1.29, 1.82) is 0 Å². The Morgan fingerprint density at radius 1 is 1.24 bits per heavy atom. The van der Waals surface area contributed by atoms with Gasteiger partial charge in [0, 0.05) is 24.5 Å². The van der Waals surface area contributed by atoms with Crippen molar-refractivity contribution in [2.45, 2.75) is 83.5 Å². The Bertz CT molecular complexity index is 385. The normalized spacial score (nSPS) is 31.7. The number of carboxylic acids is 1. The van der Waals surface area contributed by atoms with Crippen LogP contribution in [0.4, 0.5) is 0 Å². The molecule has 2 saturated heterocycles. The van der Waals surface area contributed by atoms with Gasteiger partial charge in [0.25, 0.3) is 0 Å². The zero-order valence-electron chi connectivity index (χ0n) is 13.3. The van der Waals surface area contributed by atoms with Crippen molar-refractivity contribution in [1.82, 2.24) is 10.2 Å². The minimum Gasteiger partial charge on any atom is -0.481 e. The molecule has 0 aromatic rings. The van der Waals surface area contributed by atoms with Gasteiger partial charge in [-0.3, -0.25) is 14.5 Å². The number of amides is 1. The van der Waals surface area contributed by atoms with E-state index in [9.17, 15) is 9.59 Å². The van der Waals surface area contributed by atoms with Gasteiger partial charge in [-0.25, -0.2) is 0 Å². The predicted molar refractivity (Wildman–Crippen MR) is 81.0 cm³/mol. The van der Waals surface area contributed by atoms with Crippen LogP contribution in [0.3, 0.4) is 0 Å². The van der Waals surface area contributed by atoms with Crippen LogP contribution in [0.1, 0.15) is 59.3 Å². The van der Waals surface area contributed by atoms with Crippen molar-refractivity contribution in [2.75, 3.05) is 0 Å². The van der Waals surface area contributed by atoms with Gasteiger partial charge in [-0.15, -0.1) is 0 Å². The molecule has 2 fully saturated rings. The predicted octanol–water partition coefficient (Wildman–Crippen LogP) is 2.01. The van der Waals surface area contributed by atoms with Crippen molar-refractivity contribution in [3.8, 4) is 0 Å². The Hall–Kier alpha value is -1.10. The first-order valence-corrected chi connectivity index (χ1v) is 8.22. The summed E-state index contributed by atoms with van der Waals surface area (Å²) in [6, 6.07) is 0.862. The quantitative estimate of drug-likeness (QED) is 0.786. The SMILES string of the molecule is CCC(C)NC(=O)C(C)N1C2CCC1CC(CC(=O)O)C2. The van der Waals surface area contributed by atoms with Crippen LogP contribution in [0.5, 0.6) is 0 Å². The van der Waals surface area contributed by atoms with Crippen LogP contribution in [-0.4, -0.2) is 46.1 Å². The number of carbonyl (C=O) groups excluding carboxylic acids is 1. The molecule has 21 heavy (non-hydrogen) atoms. The molecule has 2 aliphatic heterocycles. The lowest BCUT2D eigenvalue weighted by atomic mass is 9.87. The smallest absolute Gasteiger partial charge is 0.303 e. The van der Waals surface area contributed by atoms with E-state index in [1.54, 1.807) is 0 Å². The molecule has 2 bridgehead atoms. The van der Waals surface area contributed by atoms with Crippen molar-refractivity contribution in [3.05, 3.63) is 0 Å². The highest BCUT2D eigenvalue weighted by Gasteiger charge is 2.44. The molecule has 2 N–H and O–H groups in total. The summed E-state index contributed by atoms with van der Waals surface area (Å²) >= 11 is 0. The second-order valence-corrected chi connectivity index (χ2v) is 6.76. The minimum absolute atomic E-state index is 0.109. The Labute approximate surface area is 127 Å². The number of aliphatic carboxylic acids is 1. The molecule has 0 radical (unpaired) electrons. The molecule has 4 unspecified atom stereocenters. The summed E-state index contributed by atoms with van der Waals surface area (Å²) in [6.45, 7) is 6.08. The molecule has 2 rings (SSSR count). The van der Waals surface area contributed by atoms with Crippen LogP contribution in [0, 0.1) is 5.92 Å². The van der Waals surface area contributed by atoms with Crippen LogP contribution in [0.25, 0.3) is 0 Å². The molecule has 2 heterocycles. The van der Waals surface area contributed by atoms with E-state index < -0.39 is 5.97 Å². The average Bonchev–Trinajstić information content (AvgIpc) is 2.68. The van der Waals surface area contributed by atoms with Gasteiger partial charge in [-0.2, -0.15) is 0 Å². The standard InChI is InChI=1S/C16H28N2O3/c1-4-10(2)17-16(21)11(3)18-13-5-6-14(18)8-12(7-13)9-15(19)20/h10-14H,4-9H2,1-3H3,(H,17,21)(H,19,20). The molecule has 0 aromatic carbocycles. The van der Waals surface area contributed by atoms with E-state index in [-0.39, 0.29) is 30.3 Å². The van der Waals surface area contributed by atoms with Gasteiger partial charge >= 0.3 is 5.97 Å². The van der Waals surface area contributed by atoms with E-state index in [0.717, 1.165) is 32.1 Å². The van der Waals surface area contributed by atoms with Crippen LogP contribution in [0.15, 0.2) is 0 Å². The molecular formula is C16H28N2O3. The highest BCUT2D eigenvalue weighted by molar-refractivity contribution is 5.81. The fraction of sp³-hybridized carbons (Fsp3) is 0.875. The monoisotopic (exact) mass is 296 g/mol. The van der Waals surface area contributed by atoms with Crippen LogP contribution in [0.2, 0.25) is 0 Å². The summed E-state index contributed by atoms with van der Waals surface area (Å²) in [4.78, 5) is 25.6. The second kappa shape index (κ2) is 6.77. The summed E-state index contributed by atoms with van der Waals surface area (Å²) in [5.41, 5.74) is 0. The number of hydrogen-bond donors (Lipinski definition) is 2. The van der Waals surface area contributed by atoms with Gasteiger partial charge in [-0.1, -0.05) is 6.92 Å². The molecule has 2 aliphatic rings. The molecule has 4 atom stereocenters. The Kier molecular flexibility index (Phi) is 5.25. The summed E-state index contributed by atoms with van der Waals surface area (Å²) in [5.74, 6) is -0.311. The van der Waals surface area contributed by atoms with E-state index >= 15 is 0 Å². The van der Waals surface area contributed by atoms with Gasteiger partial charge in [0.15, 0.2) is 0 Å². The number of nitrogens with one attached hydrogen (secondary N) is 1. The van der Waals surface area contributed by atoms with E-state index in [4.69, 9.17) is 5.11 Å². The fourth-order valence-electron chi connectivity index (χ4n) is 3.97. The summed E-state index contributed by atoms with van der Waals surface area (Å²) in [6.07, 6.45) is 5.25. The first kappa shape index (κ1) is 16.3. The largest absolute Gasteiger partial charge is 0.481 e. The zero-order chi connectivity index (χ0) is 15.6. The lowest BCUT2D eigenvalue weighted by Crippen LogP contribution is -2.54. The number of carbonyl (C=O) groups is 2. The third kappa shape index (κ3) is 3.76. The third-order valence-electron chi connectivity index (χ3n) is 5.18. The van der Waals surface area contributed by atoms with Crippen molar-refractivity contribution in [3.63, 3.8) is 0 Å². The van der Waals surface area contributed by atoms with Crippen molar-refractivity contribution < 1.29 is 14.7 Å². The maximum Gasteiger partial charge on any atom is 0.303 e. The molecule has 120 valence electrons. The molecule has 0 spiro atoms. The number of fused-ring (bicyclic) bond motifs is 2. The number of rotatable bonds is 6. The molecule has 1 amide bonds. The molecule has 5 nitrogen and oxygen atoms in total. The number of carboxylic acid groups (broad SMARTS) is 1. The van der Waals surface area contributed by atoms with Gasteiger partial charge < -0.3 is 10.4 Å². The lowest BCUT2D eigenvalue weighted by Gasteiger charge is -2.41. The zero-order valence-corrected chi connectivity index (χ0v) is 13.3. The molecule has 0 aliphatic carbocycles. The highest BCUT2D eigenvalue weighted by atomic mass is 16.4. The molecule has 0 aromatic heterocycles. The minimum atomic E-state index is -0.699. The maximum atomic E-state index is 12.3.